The molecule has 10 heteroatoms. The largest absolute Gasteiger partial charge is 0.394 e. The van der Waals surface area contributed by atoms with Gasteiger partial charge in [-0.05, 0) is 48.8 Å². The second-order valence-corrected chi connectivity index (χ2v) is 7.96. The van der Waals surface area contributed by atoms with Crippen LogP contribution in [0.25, 0.3) is 0 Å². The maximum absolute atomic E-state index is 12.4. The lowest BCUT2D eigenvalue weighted by Crippen LogP contribution is -2.44. The SMILES string of the molecule is NC(CC1CNC1)=NC(=O)/C(N)=C/C1=C(N)NCCN1Cc1cc(Cl)ccc1Cl. The van der Waals surface area contributed by atoms with Gasteiger partial charge in [-0.3, -0.25) is 4.79 Å². The summed E-state index contributed by atoms with van der Waals surface area (Å²) in [4.78, 5) is 18.3. The number of carbonyl (C=O) groups excluding carboxylic acids is 1. The summed E-state index contributed by atoms with van der Waals surface area (Å²) < 4.78 is 0. The van der Waals surface area contributed by atoms with Crippen molar-refractivity contribution in [2.45, 2.75) is 13.0 Å². The second kappa shape index (κ2) is 9.39. The van der Waals surface area contributed by atoms with Gasteiger partial charge in [0, 0.05) is 36.1 Å². The molecular formula is C19H25Cl2N7O. The molecule has 1 aromatic carbocycles. The minimum absolute atomic E-state index is 0.0384. The van der Waals surface area contributed by atoms with E-state index in [2.05, 4.69) is 15.6 Å². The lowest BCUT2D eigenvalue weighted by molar-refractivity contribution is -0.114. The number of hydrogen-bond donors (Lipinski definition) is 5. The van der Waals surface area contributed by atoms with Crippen molar-refractivity contribution in [3.63, 3.8) is 0 Å². The van der Waals surface area contributed by atoms with E-state index in [9.17, 15) is 4.79 Å². The number of aliphatic imine (C=N–C) groups is 1. The van der Waals surface area contributed by atoms with Crippen molar-refractivity contribution >= 4 is 34.9 Å². The Morgan fingerprint density at radius 3 is 2.76 bits per heavy atom. The molecule has 0 saturated carbocycles. The second-order valence-electron chi connectivity index (χ2n) is 7.12. The molecule has 1 fully saturated rings. The van der Waals surface area contributed by atoms with Crippen LogP contribution in [0.15, 0.2) is 46.5 Å². The monoisotopic (exact) mass is 437 g/mol. The number of carbonyl (C=O) groups is 1. The van der Waals surface area contributed by atoms with Crippen molar-refractivity contribution in [1.29, 1.82) is 0 Å². The highest BCUT2D eigenvalue weighted by molar-refractivity contribution is 6.33. The highest BCUT2D eigenvalue weighted by Gasteiger charge is 2.21. The number of nitrogens with zero attached hydrogens (tertiary/aromatic N) is 2. The molecule has 8 nitrogen and oxygen atoms in total. The van der Waals surface area contributed by atoms with Crippen LogP contribution in [0.3, 0.4) is 0 Å². The number of nitrogens with one attached hydrogen (secondary N) is 2. The first-order valence-electron chi connectivity index (χ1n) is 9.31. The molecular weight excluding hydrogens is 413 g/mol. The Labute approximate surface area is 179 Å². The van der Waals surface area contributed by atoms with Gasteiger partial charge in [-0.15, -0.1) is 0 Å². The molecule has 0 bridgehead atoms. The highest BCUT2D eigenvalue weighted by atomic mass is 35.5. The van der Waals surface area contributed by atoms with E-state index in [-0.39, 0.29) is 11.5 Å². The molecule has 0 spiro atoms. The third-order valence-electron chi connectivity index (χ3n) is 4.83. The number of halogens is 2. The van der Waals surface area contributed by atoms with Crippen LogP contribution in [0.4, 0.5) is 0 Å². The van der Waals surface area contributed by atoms with Crippen LogP contribution >= 0.6 is 23.2 Å². The predicted octanol–water partition coefficient (Wildman–Crippen LogP) is 0.862. The number of rotatable bonds is 6. The summed E-state index contributed by atoms with van der Waals surface area (Å²) in [6.07, 6.45) is 2.09. The minimum atomic E-state index is -0.582. The molecule has 0 unspecified atom stereocenters. The summed E-state index contributed by atoms with van der Waals surface area (Å²) in [7, 11) is 0. The smallest absolute Gasteiger partial charge is 0.294 e. The zero-order valence-corrected chi connectivity index (χ0v) is 17.4. The molecule has 3 rings (SSSR count). The average Bonchev–Trinajstić information content (AvgIpc) is 2.64. The number of benzene rings is 1. The molecule has 0 aromatic heterocycles. The Hall–Kier alpha value is -2.42. The van der Waals surface area contributed by atoms with E-state index >= 15 is 0 Å². The molecule has 1 aromatic rings. The number of nitrogens with two attached hydrogens (primary N) is 3. The molecule has 8 N–H and O–H groups in total. The van der Waals surface area contributed by atoms with E-state index in [4.69, 9.17) is 40.4 Å². The zero-order chi connectivity index (χ0) is 21.0. The summed E-state index contributed by atoms with van der Waals surface area (Å²) in [6.45, 7) is 3.53. The van der Waals surface area contributed by atoms with Crippen LogP contribution in [0.2, 0.25) is 10.0 Å². The van der Waals surface area contributed by atoms with Crippen LogP contribution in [0.1, 0.15) is 12.0 Å². The van der Waals surface area contributed by atoms with Crippen molar-refractivity contribution in [1.82, 2.24) is 15.5 Å². The van der Waals surface area contributed by atoms with Gasteiger partial charge in [0.1, 0.15) is 17.4 Å². The molecule has 29 heavy (non-hydrogen) atoms. The summed E-state index contributed by atoms with van der Waals surface area (Å²) in [5.41, 5.74) is 19.4. The van der Waals surface area contributed by atoms with E-state index < -0.39 is 5.91 Å². The van der Waals surface area contributed by atoms with Crippen molar-refractivity contribution in [2.24, 2.45) is 28.1 Å². The van der Waals surface area contributed by atoms with Crippen molar-refractivity contribution < 1.29 is 4.79 Å². The lowest BCUT2D eigenvalue weighted by Gasteiger charge is -2.32. The number of allylic oxidation sites excluding steroid dienone is 1. The van der Waals surface area contributed by atoms with Gasteiger partial charge in [-0.25, -0.2) is 0 Å². The lowest BCUT2D eigenvalue weighted by atomic mass is 9.99. The fourth-order valence-electron chi connectivity index (χ4n) is 3.15. The van der Waals surface area contributed by atoms with Crippen LogP contribution in [-0.2, 0) is 11.3 Å². The third-order valence-corrected chi connectivity index (χ3v) is 5.43. The quantitative estimate of drug-likeness (QED) is 0.253. The first-order valence-corrected chi connectivity index (χ1v) is 10.1. The molecule has 0 aliphatic carbocycles. The fraction of sp³-hybridized carbons (Fsp3) is 0.368. The first-order chi connectivity index (χ1) is 13.8. The van der Waals surface area contributed by atoms with Crippen LogP contribution in [-0.4, -0.2) is 42.8 Å². The van der Waals surface area contributed by atoms with E-state index in [1.54, 1.807) is 18.2 Å². The minimum Gasteiger partial charge on any atom is -0.394 e. The number of hydrogen-bond acceptors (Lipinski definition) is 6. The molecule has 0 atom stereocenters. The summed E-state index contributed by atoms with van der Waals surface area (Å²) in [6, 6.07) is 5.28. The Bertz CT molecular complexity index is 877. The maximum atomic E-state index is 12.4. The maximum Gasteiger partial charge on any atom is 0.294 e. The average molecular weight is 438 g/mol. The van der Waals surface area contributed by atoms with Crippen LogP contribution in [0.5, 0.6) is 0 Å². The Kier molecular flexibility index (Phi) is 6.89. The summed E-state index contributed by atoms with van der Waals surface area (Å²) in [5.74, 6) is 0.531. The zero-order valence-electron chi connectivity index (χ0n) is 15.9. The van der Waals surface area contributed by atoms with Gasteiger partial charge in [0.2, 0.25) is 0 Å². The molecule has 1 saturated heterocycles. The number of amidine groups is 1. The van der Waals surface area contributed by atoms with E-state index in [0.29, 0.717) is 53.5 Å². The van der Waals surface area contributed by atoms with Gasteiger partial charge in [0.25, 0.3) is 5.91 Å². The normalized spacial score (nSPS) is 18.5. The fourth-order valence-corrected chi connectivity index (χ4v) is 3.52. The third kappa shape index (κ3) is 5.56. The van der Waals surface area contributed by atoms with Gasteiger partial charge in [0.05, 0.1) is 5.70 Å². The van der Waals surface area contributed by atoms with Crippen LogP contribution in [0, 0.1) is 5.92 Å². The van der Waals surface area contributed by atoms with Crippen molar-refractivity contribution in [3.05, 3.63) is 57.1 Å². The van der Waals surface area contributed by atoms with E-state index in [1.807, 2.05) is 4.90 Å². The Balaban J connectivity index is 1.76. The Morgan fingerprint density at radius 1 is 1.31 bits per heavy atom. The first kappa shape index (κ1) is 21.3. The van der Waals surface area contributed by atoms with Crippen LogP contribution < -0.4 is 27.8 Å². The molecule has 156 valence electrons. The van der Waals surface area contributed by atoms with Gasteiger partial charge in [0.15, 0.2) is 0 Å². The molecule has 2 aliphatic rings. The predicted molar refractivity (Wildman–Crippen MR) is 116 cm³/mol. The van der Waals surface area contributed by atoms with Gasteiger partial charge < -0.3 is 32.7 Å². The summed E-state index contributed by atoms with van der Waals surface area (Å²) in [5, 5.41) is 7.42. The van der Waals surface area contributed by atoms with E-state index in [0.717, 1.165) is 18.7 Å². The topological polar surface area (TPSA) is 135 Å². The molecule has 0 radical (unpaired) electrons. The standard InChI is InChI=1S/C19H25Cl2N7O/c20-13-1-2-14(21)12(6-13)10-28-4-3-26-18(24)16(28)7-15(22)19(29)27-17(23)5-11-8-25-9-11/h1-2,6-7,11,25-26H,3-5,8-10,22,24H2,(H2,23,27,29)/b15-7-. The summed E-state index contributed by atoms with van der Waals surface area (Å²) >= 11 is 12.4. The Morgan fingerprint density at radius 2 is 2.07 bits per heavy atom. The van der Waals surface area contributed by atoms with Gasteiger partial charge in [-0.2, -0.15) is 4.99 Å². The highest BCUT2D eigenvalue weighted by Crippen LogP contribution is 2.25. The van der Waals surface area contributed by atoms with Gasteiger partial charge in [-0.1, -0.05) is 23.2 Å². The molecule has 1 amide bonds. The van der Waals surface area contributed by atoms with E-state index in [1.165, 1.54) is 6.08 Å². The van der Waals surface area contributed by atoms with Crippen molar-refractivity contribution in [2.75, 3.05) is 26.2 Å². The van der Waals surface area contributed by atoms with Crippen molar-refractivity contribution in [3.8, 4) is 0 Å². The molecule has 2 aliphatic heterocycles. The van der Waals surface area contributed by atoms with Gasteiger partial charge >= 0.3 is 0 Å². The molecule has 2 heterocycles. The number of amides is 1.